The number of fused-ring (bicyclic) bond motifs is 2. The van der Waals surface area contributed by atoms with Crippen molar-refractivity contribution in [3.63, 3.8) is 0 Å². The van der Waals surface area contributed by atoms with E-state index in [0.717, 1.165) is 24.9 Å². The van der Waals surface area contributed by atoms with E-state index >= 15 is 0 Å². The molecule has 0 spiro atoms. The highest BCUT2D eigenvalue weighted by Crippen LogP contribution is 2.37. The highest BCUT2D eigenvalue weighted by atomic mass is 16.1. The molecule has 5 rings (SSSR count). The fourth-order valence-electron chi connectivity index (χ4n) is 4.72. The summed E-state index contributed by atoms with van der Waals surface area (Å²) in [6, 6.07) is 8.60. The molecule has 3 aliphatic heterocycles. The van der Waals surface area contributed by atoms with Gasteiger partial charge in [-0.1, -0.05) is 24.3 Å². The second-order valence-corrected chi connectivity index (χ2v) is 7.76. The Morgan fingerprint density at radius 3 is 3.18 bits per heavy atom. The number of hydrogen-bond donors (Lipinski definition) is 2. The lowest BCUT2D eigenvalue weighted by Gasteiger charge is -2.26. The maximum absolute atomic E-state index is 12.9. The van der Waals surface area contributed by atoms with Crippen LogP contribution < -0.4 is 10.7 Å². The molecule has 1 aromatic carbocycles. The molecule has 3 atom stereocenters. The third-order valence-electron chi connectivity index (χ3n) is 6.14. The molecule has 0 fully saturated rings. The van der Waals surface area contributed by atoms with Gasteiger partial charge >= 0.3 is 0 Å². The number of rotatable bonds is 4. The lowest BCUT2D eigenvalue weighted by atomic mass is 9.93. The third kappa shape index (κ3) is 2.85. The molecule has 3 unspecified atom stereocenters. The van der Waals surface area contributed by atoms with E-state index in [-0.39, 0.29) is 18.0 Å². The summed E-state index contributed by atoms with van der Waals surface area (Å²) in [5, 5.41) is 5.19. The van der Waals surface area contributed by atoms with E-state index in [4.69, 9.17) is 0 Å². The lowest BCUT2D eigenvalue weighted by molar-refractivity contribution is 0.0946. The van der Waals surface area contributed by atoms with Crippen LogP contribution in [0, 0.1) is 0 Å². The van der Waals surface area contributed by atoms with Crippen LogP contribution in [0.1, 0.15) is 34.8 Å². The SMILES string of the molecule is CN1NC=CC1c1cccc(C(=O)NCC2C3=C(C=CCC3)C3CN=CN32)c1. The van der Waals surface area contributed by atoms with Crippen LogP contribution in [0.15, 0.2) is 64.8 Å². The predicted octanol–water partition coefficient (Wildman–Crippen LogP) is 2.16. The minimum atomic E-state index is -0.0208. The number of carbonyl (C=O) groups excluding carboxylic acids is 1. The van der Waals surface area contributed by atoms with Crippen molar-refractivity contribution in [3.8, 4) is 0 Å². The largest absolute Gasteiger partial charge is 0.350 e. The minimum Gasteiger partial charge on any atom is -0.350 e. The average Bonchev–Trinajstić information content (AvgIpc) is 3.43. The van der Waals surface area contributed by atoms with Crippen LogP contribution in [-0.2, 0) is 0 Å². The number of aliphatic imine (C=N–C) groups is 1. The second-order valence-electron chi connectivity index (χ2n) is 7.76. The minimum absolute atomic E-state index is 0.0208. The summed E-state index contributed by atoms with van der Waals surface area (Å²) in [5.41, 5.74) is 7.84. The highest BCUT2D eigenvalue weighted by molar-refractivity contribution is 5.94. The molecule has 1 aromatic rings. The summed E-state index contributed by atoms with van der Waals surface area (Å²) in [7, 11) is 2.00. The van der Waals surface area contributed by atoms with Gasteiger partial charge < -0.3 is 15.6 Å². The number of allylic oxidation sites excluding steroid dienone is 1. The Morgan fingerprint density at radius 1 is 1.39 bits per heavy atom. The maximum atomic E-state index is 12.9. The van der Waals surface area contributed by atoms with Gasteiger partial charge in [0.05, 0.1) is 31.0 Å². The van der Waals surface area contributed by atoms with E-state index in [1.54, 1.807) is 0 Å². The highest BCUT2D eigenvalue weighted by Gasteiger charge is 2.40. The number of likely N-dealkylation sites (N-methyl/N-ethyl adjacent to an activating group) is 1. The van der Waals surface area contributed by atoms with Gasteiger partial charge in [0.25, 0.3) is 5.91 Å². The molecule has 6 nitrogen and oxygen atoms in total. The molecule has 0 aromatic heterocycles. The van der Waals surface area contributed by atoms with Crippen LogP contribution in [0.4, 0.5) is 0 Å². The quantitative estimate of drug-likeness (QED) is 0.847. The first-order valence-corrected chi connectivity index (χ1v) is 9.93. The summed E-state index contributed by atoms with van der Waals surface area (Å²) in [6.07, 6.45) is 12.7. The fraction of sp³-hybridized carbons (Fsp3) is 0.364. The molecule has 3 heterocycles. The number of nitrogens with zero attached hydrogens (tertiary/aromatic N) is 3. The molecule has 28 heavy (non-hydrogen) atoms. The van der Waals surface area contributed by atoms with Crippen LogP contribution in [-0.4, -0.2) is 54.4 Å². The summed E-state index contributed by atoms with van der Waals surface area (Å²) in [5.74, 6) is -0.0208. The van der Waals surface area contributed by atoms with Crippen molar-refractivity contribution in [3.05, 3.63) is 71.0 Å². The van der Waals surface area contributed by atoms with Crippen LogP contribution >= 0.6 is 0 Å². The molecule has 2 N–H and O–H groups in total. The second kappa shape index (κ2) is 6.95. The average molecular weight is 375 g/mol. The van der Waals surface area contributed by atoms with E-state index in [2.05, 4.69) is 44.9 Å². The number of carbonyl (C=O) groups is 1. The molecule has 1 aliphatic carbocycles. The first-order valence-electron chi connectivity index (χ1n) is 9.93. The number of nitrogens with one attached hydrogen (secondary N) is 2. The van der Waals surface area contributed by atoms with Gasteiger partial charge in [-0.15, -0.1) is 0 Å². The summed E-state index contributed by atoms with van der Waals surface area (Å²) in [4.78, 5) is 19.6. The van der Waals surface area contributed by atoms with Crippen LogP contribution in [0.3, 0.4) is 0 Å². The summed E-state index contributed by atoms with van der Waals surface area (Å²) >= 11 is 0. The van der Waals surface area contributed by atoms with Gasteiger partial charge in [0.1, 0.15) is 0 Å². The molecule has 1 amide bonds. The molecule has 0 radical (unpaired) electrons. The zero-order chi connectivity index (χ0) is 19.1. The van der Waals surface area contributed by atoms with Crippen LogP contribution in [0.25, 0.3) is 0 Å². The number of benzene rings is 1. The van der Waals surface area contributed by atoms with Crippen molar-refractivity contribution in [1.29, 1.82) is 0 Å². The third-order valence-corrected chi connectivity index (χ3v) is 6.14. The Bertz CT molecular complexity index is 915. The molecule has 0 bridgehead atoms. The molecule has 6 heteroatoms. The predicted molar refractivity (Wildman–Crippen MR) is 110 cm³/mol. The molecule has 144 valence electrons. The fourth-order valence-corrected chi connectivity index (χ4v) is 4.72. The Morgan fingerprint density at radius 2 is 2.32 bits per heavy atom. The number of hydrazine groups is 1. The van der Waals surface area contributed by atoms with E-state index in [0.29, 0.717) is 18.2 Å². The van der Waals surface area contributed by atoms with Gasteiger partial charge in [-0.25, -0.2) is 5.01 Å². The van der Waals surface area contributed by atoms with E-state index in [1.807, 2.05) is 42.8 Å². The Kier molecular flexibility index (Phi) is 4.28. The topological polar surface area (TPSA) is 60.0 Å². The monoisotopic (exact) mass is 375 g/mol. The standard InChI is InChI=1S/C22H25N5O/c1-26-19(9-10-25-26)15-5-4-6-16(11-15)22(28)24-13-21-18-8-3-2-7-17(18)20-12-23-14-27(20)21/h2,4-7,9-11,14,19-21,25H,3,8,12-13H2,1H3,(H,24,28). The van der Waals surface area contributed by atoms with Gasteiger partial charge in [-0.2, -0.15) is 0 Å². The van der Waals surface area contributed by atoms with Gasteiger partial charge in [-0.3, -0.25) is 9.79 Å². The molecule has 0 saturated carbocycles. The Balaban J connectivity index is 1.30. The zero-order valence-corrected chi connectivity index (χ0v) is 16.0. The van der Waals surface area contributed by atoms with Gasteiger partial charge in [0, 0.05) is 25.4 Å². The number of hydrogen-bond acceptors (Lipinski definition) is 5. The van der Waals surface area contributed by atoms with Crippen LogP contribution in [0.5, 0.6) is 0 Å². The van der Waals surface area contributed by atoms with Crippen molar-refractivity contribution >= 4 is 12.2 Å². The smallest absolute Gasteiger partial charge is 0.251 e. The normalized spacial score (nSPS) is 27.9. The Labute approximate surface area is 165 Å². The Hall–Kier alpha value is -2.86. The van der Waals surface area contributed by atoms with Gasteiger partial charge in [0.15, 0.2) is 0 Å². The van der Waals surface area contributed by atoms with E-state index in [9.17, 15) is 4.79 Å². The number of amides is 1. The van der Waals surface area contributed by atoms with Crippen molar-refractivity contribution in [2.75, 3.05) is 20.1 Å². The molecular weight excluding hydrogens is 350 g/mol. The van der Waals surface area contributed by atoms with Gasteiger partial charge in [-0.05, 0) is 47.8 Å². The maximum Gasteiger partial charge on any atom is 0.251 e. The van der Waals surface area contributed by atoms with Gasteiger partial charge in [0.2, 0.25) is 0 Å². The first-order chi connectivity index (χ1) is 13.7. The van der Waals surface area contributed by atoms with E-state index in [1.165, 1.54) is 11.1 Å². The van der Waals surface area contributed by atoms with Crippen molar-refractivity contribution < 1.29 is 4.79 Å². The van der Waals surface area contributed by atoms with Crippen molar-refractivity contribution in [1.82, 2.24) is 20.7 Å². The molecule has 4 aliphatic rings. The molecule has 0 saturated heterocycles. The van der Waals surface area contributed by atoms with E-state index < -0.39 is 0 Å². The summed E-state index contributed by atoms with van der Waals surface area (Å²) in [6.45, 7) is 1.44. The lowest BCUT2D eigenvalue weighted by Crippen LogP contribution is -2.43. The zero-order valence-electron chi connectivity index (χ0n) is 16.0. The van der Waals surface area contributed by atoms with Crippen molar-refractivity contribution in [2.24, 2.45) is 4.99 Å². The molecular formula is C22H25N5O. The summed E-state index contributed by atoms with van der Waals surface area (Å²) < 4.78 is 0. The van der Waals surface area contributed by atoms with Crippen molar-refractivity contribution in [2.45, 2.75) is 31.0 Å². The first kappa shape index (κ1) is 17.3. The van der Waals surface area contributed by atoms with Crippen LogP contribution in [0.2, 0.25) is 0 Å².